The number of carbonyl (C=O) groups excluding carboxylic acids is 2. The first-order chi connectivity index (χ1) is 8.51. The van der Waals surface area contributed by atoms with Crippen molar-refractivity contribution in [1.82, 2.24) is 15.2 Å². The molecule has 18 heavy (non-hydrogen) atoms. The number of aryl methyl sites for hydroxylation is 2. The summed E-state index contributed by atoms with van der Waals surface area (Å²) in [6, 6.07) is -0.427. The fraction of sp³-hybridized carbons (Fsp3) is 0.583. The van der Waals surface area contributed by atoms with Gasteiger partial charge in [-0.15, -0.1) is 0 Å². The second-order valence-corrected chi connectivity index (χ2v) is 4.47. The number of hydrogen-bond donors (Lipinski definition) is 1. The molecular formula is C12H17N3O3. The second kappa shape index (κ2) is 4.80. The summed E-state index contributed by atoms with van der Waals surface area (Å²) in [5.74, 6) is 1.00. The van der Waals surface area contributed by atoms with E-state index in [0.717, 1.165) is 11.5 Å². The van der Waals surface area contributed by atoms with Gasteiger partial charge in [0.15, 0.2) is 0 Å². The number of carbonyl (C=O) groups is 2. The van der Waals surface area contributed by atoms with Crippen LogP contribution in [-0.2, 0) is 16.1 Å². The molecular weight excluding hydrogens is 234 g/mol. The Balaban J connectivity index is 2.12. The smallest absolute Gasteiger partial charge is 0.246 e. The van der Waals surface area contributed by atoms with Gasteiger partial charge in [-0.1, -0.05) is 6.92 Å². The van der Waals surface area contributed by atoms with Crippen molar-refractivity contribution in [2.45, 2.75) is 39.8 Å². The Bertz CT molecular complexity index is 461. The molecule has 0 radical (unpaired) electrons. The molecule has 1 aromatic heterocycles. The quantitative estimate of drug-likeness (QED) is 0.850. The first kappa shape index (κ1) is 12.6. The van der Waals surface area contributed by atoms with Gasteiger partial charge in [-0.2, -0.15) is 0 Å². The van der Waals surface area contributed by atoms with Crippen LogP contribution in [0.1, 0.15) is 30.7 Å². The maximum atomic E-state index is 12.0. The summed E-state index contributed by atoms with van der Waals surface area (Å²) in [4.78, 5) is 29.2. The first-order valence-electron chi connectivity index (χ1n) is 6.02. The van der Waals surface area contributed by atoms with E-state index < -0.39 is 6.04 Å². The number of oxazole rings is 1. The van der Waals surface area contributed by atoms with E-state index in [2.05, 4.69) is 10.3 Å². The lowest BCUT2D eigenvalue weighted by molar-refractivity contribution is -0.145. The molecule has 2 heterocycles. The normalized spacial score (nSPS) is 20.2. The van der Waals surface area contributed by atoms with E-state index in [-0.39, 0.29) is 24.9 Å². The number of nitrogens with one attached hydrogen (secondary N) is 1. The number of hydrogen-bond acceptors (Lipinski definition) is 4. The highest BCUT2D eigenvalue weighted by molar-refractivity contribution is 5.94. The Morgan fingerprint density at radius 2 is 2.17 bits per heavy atom. The van der Waals surface area contributed by atoms with Gasteiger partial charge in [0.1, 0.15) is 18.3 Å². The van der Waals surface area contributed by atoms with Crippen molar-refractivity contribution in [1.29, 1.82) is 0 Å². The average Bonchev–Trinajstić information content (AvgIpc) is 2.62. The summed E-state index contributed by atoms with van der Waals surface area (Å²) >= 11 is 0. The standard InChI is InChI=1S/C12H17N3O3/c1-4-9-12(17)15(5-10(16)14-9)6-11-13-7(2)8(3)18-11/h9H,4-6H2,1-3H3,(H,14,16). The van der Waals surface area contributed by atoms with E-state index >= 15 is 0 Å². The lowest BCUT2D eigenvalue weighted by Crippen LogP contribution is -2.57. The predicted molar refractivity (Wildman–Crippen MR) is 63.6 cm³/mol. The van der Waals surface area contributed by atoms with Crippen LogP contribution in [0.2, 0.25) is 0 Å². The van der Waals surface area contributed by atoms with Crippen molar-refractivity contribution in [3.05, 3.63) is 17.3 Å². The van der Waals surface area contributed by atoms with Gasteiger partial charge in [-0.3, -0.25) is 9.59 Å². The molecule has 0 aromatic carbocycles. The van der Waals surface area contributed by atoms with Crippen LogP contribution >= 0.6 is 0 Å². The third-order valence-electron chi connectivity index (χ3n) is 3.09. The minimum atomic E-state index is -0.427. The van der Waals surface area contributed by atoms with Crippen molar-refractivity contribution in [2.24, 2.45) is 0 Å². The van der Waals surface area contributed by atoms with Crippen molar-refractivity contribution < 1.29 is 14.0 Å². The van der Waals surface area contributed by atoms with Crippen molar-refractivity contribution in [3.8, 4) is 0 Å². The predicted octanol–water partition coefficient (Wildman–Crippen LogP) is 0.528. The topological polar surface area (TPSA) is 75.4 Å². The van der Waals surface area contributed by atoms with Crippen LogP contribution in [0, 0.1) is 13.8 Å². The summed E-state index contributed by atoms with van der Waals surface area (Å²) in [5.41, 5.74) is 0.811. The first-order valence-corrected chi connectivity index (χ1v) is 6.02. The van der Waals surface area contributed by atoms with Crippen LogP contribution in [0.5, 0.6) is 0 Å². The van der Waals surface area contributed by atoms with E-state index in [4.69, 9.17) is 4.42 Å². The van der Waals surface area contributed by atoms with Gasteiger partial charge in [0.05, 0.1) is 12.2 Å². The molecule has 2 rings (SSSR count). The minimum Gasteiger partial charge on any atom is -0.444 e. The molecule has 1 unspecified atom stereocenters. The largest absolute Gasteiger partial charge is 0.444 e. The molecule has 1 N–H and O–H groups in total. The molecule has 1 fully saturated rings. The van der Waals surface area contributed by atoms with E-state index in [9.17, 15) is 9.59 Å². The Morgan fingerprint density at radius 3 is 2.72 bits per heavy atom. The molecule has 1 aromatic rings. The maximum absolute atomic E-state index is 12.0. The molecule has 1 saturated heterocycles. The Labute approximate surface area is 105 Å². The van der Waals surface area contributed by atoms with Gasteiger partial charge < -0.3 is 14.6 Å². The van der Waals surface area contributed by atoms with E-state index in [1.165, 1.54) is 4.90 Å². The van der Waals surface area contributed by atoms with Gasteiger partial charge in [0.2, 0.25) is 17.7 Å². The monoisotopic (exact) mass is 251 g/mol. The zero-order valence-electron chi connectivity index (χ0n) is 10.8. The van der Waals surface area contributed by atoms with Gasteiger partial charge in [-0.25, -0.2) is 4.98 Å². The minimum absolute atomic E-state index is 0.0653. The molecule has 0 saturated carbocycles. The van der Waals surface area contributed by atoms with Crippen LogP contribution in [0.4, 0.5) is 0 Å². The van der Waals surface area contributed by atoms with Crippen LogP contribution in [-0.4, -0.2) is 34.3 Å². The van der Waals surface area contributed by atoms with Crippen LogP contribution in [0.3, 0.4) is 0 Å². The number of nitrogens with zero attached hydrogens (tertiary/aromatic N) is 2. The zero-order valence-corrected chi connectivity index (χ0v) is 10.8. The van der Waals surface area contributed by atoms with Gasteiger partial charge in [-0.05, 0) is 20.3 Å². The van der Waals surface area contributed by atoms with Crippen molar-refractivity contribution in [2.75, 3.05) is 6.54 Å². The summed E-state index contributed by atoms with van der Waals surface area (Å²) in [5, 5.41) is 2.67. The van der Waals surface area contributed by atoms with E-state index in [0.29, 0.717) is 12.3 Å². The van der Waals surface area contributed by atoms with Crippen molar-refractivity contribution >= 4 is 11.8 Å². The van der Waals surface area contributed by atoms with Crippen LogP contribution in [0.25, 0.3) is 0 Å². The van der Waals surface area contributed by atoms with Gasteiger partial charge >= 0.3 is 0 Å². The third-order valence-corrected chi connectivity index (χ3v) is 3.09. The molecule has 0 bridgehead atoms. The van der Waals surface area contributed by atoms with Gasteiger partial charge in [0, 0.05) is 0 Å². The lowest BCUT2D eigenvalue weighted by Gasteiger charge is -2.31. The van der Waals surface area contributed by atoms with E-state index in [1.54, 1.807) is 0 Å². The zero-order chi connectivity index (χ0) is 13.3. The number of amides is 2. The second-order valence-electron chi connectivity index (χ2n) is 4.47. The maximum Gasteiger partial charge on any atom is 0.246 e. The molecule has 2 amide bonds. The lowest BCUT2D eigenvalue weighted by atomic mass is 10.1. The molecule has 0 aliphatic carbocycles. The fourth-order valence-corrected chi connectivity index (χ4v) is 1.95. The highest BCUT2D eigenvalue weighted by Crippen LogP contribution is 2.13. The Hall–Kier alpha value is -1.85. The fourth-order valence-electron chi connectivity index (χ4n) is 1.95. The van der Waals surface area contributed by atoms with Gasteiger partial charge in [0.25, 0.3) is 0 Å². The third kappa shape index (κ3) is 2.37. The van der Waals surface area contributed by atoms with Crippen LogP contribution < -0.4 is 5.32 Å². The number of piperazine rings is 1. The summed E-state index contributed by atoms with van der Waals surface area (Å²) in [7, 11) is 0. The Kier molecular flexibility index (Phi) is 3.36. The number of aromatic nitrogens is 1. The molecule has 1 aliphatic rings. The van der Waals surface area contributed by atoms with E-state index in [1.807, 2.05) is 20.8 Å². The SMILES string of the molecule is CCC1NC(=O)CN(Cc2nc(C)c(C)o2)C1=O. The van der Waals surface area contributed by atoms with Crippen molar-refractivity contribution in [3.63, 3.8) is 0 Å². The van der Waals surface area contributed by atoms with Crippen LogP contribution in [0.15, 0.2) is 4.42 Å². The summed E-state index contributed by atoms with van der Waals surface area (Å²) < 4.78 is 5.43. The average molecular weight is 251 g/mol. The molecule has 6 heteroatoms. The highest BCUT2D eigenvalue weighted by atomic mass is 16.4. The highest BCUT2D eigenvalue weighted by Gasteiger charge is 2.32. The summed E-state index contributed by atoms with van der Waals surface area (Å²) in [6.45, 7) is 5.85. The Morgan fingerprint density at radius 1 is 1.44 bits per heavy atom. The molecule has 98 valence electrons. The number of rotatable bonds is 3. The molecule has 1 atom stereocenters. The molecule has 6 nitrogen and oxygen atoms in total. The molecule has 1 aliphatic heterocycles. The summed E-state index contributed by atoms with van der Waals surface area (Å²) in [6.07, 6.45) is 0.588. The molecule has 0 spiro atoms.